The number of aromatic hydroxyl groups is 1. The number of rotatable bonds is 2. The van der Waals surface area contributed by atoms with Crippen molar-refractivity contribution >= 4 is 0 Å². The van der Waals surface area contributed by atoms with E-state index in [0.717, 1.165) is 0 Å². The number of aromatic amines is 4. The molecule has 11 nitrogen and oxygen atoms in total. The van der Waals surface area contributed by atoms with Gasteiger partial charge in [0, 0.05) is 5.56 Å². The van der Waals surface area contributed by atoms with E-state index in [1.807, 2.05) is 4.98 Å². The summed E-state index contributed by atoms with van der Waals surface area (Å²) in [7, 11) is 1.43. The first-order valence-corrected chi connectivity index (χ1v) is 7.66. The van der Waals surface area contributed by atoms with Crippen molar-refractivity contribution in [3.63, 3.8) is 0 Å². The summed E-state index contributed by atoms with van der Waals surface area (Å²) < 4.78 is 10.8. The molecule has 0 saturated carbocycles. The topological polar surface area (TPSA) is 170 Å². The third-order valence-corrected chi connectivity index (χ3v) is 4.22. The fourth-order valence-electron chi connectivity index (χ4n) is 3.11. The van der Waals surface area contributed by atoms with E-state index in [-0.39, 0.29) is 22.8 Å². The molecular weight excluding hydrogens is 360 g/mol. The Morgan fingerprint density at radius 1 is 0.963 bits per heavy atom. The number of hydrogen-bond acceptors (Lipinski definition) is 7. The number of methoxy groups -OCH3 is 1. The van der Waals surface area contributed by atoms with E-state index in [4.69, 9.17) is 9.47 Å². The Kier molecular flexibility index (Phi) is 3.51. The molecule has 0 fully saturated rings. The minimum absolute atomic E-state index is 0.108. The van der Waals surface area contributed by atoms with Crippen molar-refractivity contribution in [1.82, 2.24) is 19.9 Å². The van der Waals surface area contributed by atoms with E-state index in [9.17, 15) is 24.3 Å². The normalized spacial score (nSPS) is 14.8. The van der Waals surface area contributed by atoms with Gasteiger partial charge in [-0.25, -0.2) is 9.59 Å². The zero-order valence-corrected chi connectivity index (χ0v) is 13.7. The molecule has 1 unspecified atom stereocenters. The van der Waals surface area contributed by atoms with Gasteiger partial charge in [-0.15, -0.1) is 0 Å². The fraction of sp³-hybridized carbons (Fsp3) is 0.125. The standard InChI is InChI=1S/C16H12N4O7/c1-26-5-2-3-7-6(4-5)8(9-11(21)17-15(24)18-12(9)22)10-13(23)19-16(25)20-14(10)27-7/h2-4,8H,1H3,(H2,19,20,23,25)(H3,17,18,21,22,24). The Bertz CT molecular complexity index is 1270. The highest BCUT2D eigenvalue weighted by molar-refractivity contribution is 5.58. The van der Waals surface area contributed by atoms with Crippen molar-refractivity contribution in [3.8, 4) is 23.3 Å². The summed E-state index contributed by atoms with van der Waals surface area (Å²) in [5, 5.41) is 10.2. The highest BCUT2D eigenvalue weighted by Crippen LogP contribution is 2.46. The third-order valence-electron chi connectivity index (χ3n) is 4.22. The van der Waals surface area contributed by atoms with Gasteiger partial charge < -0.3 is 14.6 Å². The lowest BCUT2D eigenvalue weighted by atomic mass is 9.85. The fourth-order valence-corrected chi connectivity index (χ4v) is 3.11. The van der Waals surface area contributed by atoms with Gasteiger partial charge in [0.2, 0.25) is 11.8 Å². The van der Waals surface area contributed by atoms with Crippen molar-refractivity contribution in [1.29, 1.82) is 0 Å². The van der Waals surface area contributed by atoms with E-state index in [0.29, 0.717) is 11.3 Å². The lowest BCUT2D eigenvalue weighted by Gasteiger charge is -2.27. The molecule has 3 aromatic rings. The summed E-state index contributed by atoms with van der Waals surface area (Å²) >= 11 is 0. The summed E-state index contributed by atoms with van der Waals surface area (Å²) in [5.74, 6) is -1.37. The first-order chi connectivity index (χ1) is 12.9. The predicted octanol–water partition coefficient (Wildman–Crippen LogP) is -0.560. The second kappa shape index (κ2) is 5.76. The van der Waals surface area contributed by atoms with Crippen molar-refractivity contribution in [3.05, 3.63) is 76.6 Å². The summed E-state index contributed by atoms with van der Waals surface area (Å²) in [6.07, 6.45) is 0. The number of ether oxygens (including phenoxy) is 2. The van der Waals surface area contributed by atoms with Gasteiger partial charge in [-0.2, -0.15) is 0 Å². The van der Waals surface area contributed by atoms with Crippen LogP contribution in [0.1, 0.15) is 22.6 Å². The molecule has 1 aliphatic heterocycles. The van der Waals surface area contributed by atoms with Gasteiger partial charge in [0.1, 0.15) is 11.5 Å². The van der Waals surface area contributed by atoms with Gasteiger partial charge >= 0.3 is 11.4 Å². The molecule has 5 N–H and O–H groups in total. The smallest absolute Gasteiger partial charge is 0.328 e. The Morgan fingerprint density at radius 3 is 2.30 bits per heavy atom. The maximum absolute atomic E-state index is 12.5. The molecule has 1 aliphatic rings. The number of nitrogens with one attached hydrogen (secondary N) is 4. The minimum Gasteiger partial charge on any atom is -0.497 e. The summed E-state index contributed by atoms with van der Waals surface area (Å²) in [5.41, 5.74) is -3.48. The molecule has 0 amide bonds. The molecule has 2 aromatic heterocycles. The maximum atomic E-state index is 12.5. The molecule has 27 heavy (non-hydrogen) atoms. The van der Waals surface area contributed by atoms with Crippen molar-refractivity contribution in [2.45, 2.75) is 5.92 Å². The van der Waals surface area contributed by atoms with Crippen LogP contribution in [0, 0.1) is 0 Å². The highest BCUT2D eigenvalue weighted by atomic mass is 16.5. The zero-order chi connectivity index (χ0) is 19.3. The van der Waals surface area contributed by atoms with Crippen LogP contribution in [0.25, 0.3) is 0 Å². The van der Waals surface area contributed by atoms with Crippen LogP contribution in [0.3, 0.4) is 0 Å². The molecule has 0 aliphatic carbocycles. The molecule has 1 atom stereocenters. The van der Waals surface area contributed by atoms with Crippen molar-refractivity contribution < 1.29 is 14.6 Å². The van der Waals surface area contributed by atoms with Crippen LogP contribution >= 0.6 is 0 Å². The van der Waals surface area contributed by atoms with Gasteiger partial charge in [0.15, 0.2) is 0 Å². The molecule has 0 bridgehead atoms. The molecule has 138 valence electrons. The van der Waals surface area contributed by atoms with Crippen LogP contribution in [-0.2, 0) is 0 Å². The van der Waals surface area contributed by atoms with Gasteiger partial charge in [0.05, 0.1) is 24.2 Å². The Morgan fingerprint density at radius 2 is 1.63 bits per heavy atom. The summed E-state index contributed by atoms with van der Waals surface area (Å²) in [6, 6.07) is 4.64. The molecular formula is C16H12N4O7. The molecule has 0 spiro atoms. The number of aromatic nitrogens is 4. The molecule has 3 heterocycles. The van der Waals surface area contributed by atoms with Crippen molar-refractivity contribution in [2.24, 2.45) is 0 Å². The van der Waals surface area contributed by atoms with Crippen molar-refractivity contribution in [2.75, 3.05) is 7.11 Å². The van der Waals surface area contributed by atoms with E-state index >= 15 is 0 Å². The zero-order valence-electron chi connectivity index (χ0n) is 13.7. The van der Waals surface area contributed by atoms with Crippen LogP contribution in [-0.4, -0.2) is 32.2 Å². The first-order valence-electron chi connectivity index (χ1n) is 7.66. The van der Waals surface area contributed by atoms with Crippen LogP contribution < -0.4 is 32.0 Å². The van der Waals surface area contributed by atoms with E-state index in [1.165, 1.54) is 19.2 Å². The number of hydrogen-bond donors (Lipinski definition) is 5. The second-order valence-corrected chi connectivity index (χ2v) is 5.76. The first kappa shape index (κ1) is 16.4. The van der Waals surface area contributed by atoms with E-state index < -0.39 is 34.3 Å². The quantitative estimate of drug-likeness (QED) is 0.314. The summed E-state index contributed by atoms with van der Waals surface area (Å²) in [6.45, 7) is 0. The third kappa shape index (κ3) is 2.52. The highest BCUT2D eigenvalue weighted by Gasteiger charge is 2.36. The van der Waals surface area contributed by atoms with E-state index in [2.05, 4.69) is 15.0 Å². The molecule has 4 rings (SSSR count). The lowest BCUT2D eigenvalue weighted by Crippen LogP contribution is -2.34. The molecule has 11 heteroatoms. The Balaban J connectivity index is 2.13. The molecule has 1 aromatic carbocycles. The Labute approximate surface area is 148 Å². The predicted molar refractivity (Wildman–Crippen MR) is 91.0 cm³/mol. The van der Waals surface area contributed by atoms with Gasteiger partial charge in [0.25, 0.3) is 11.1 Å². The van der Waals surface area contributed by atoms with Crippen LogP contribution in [0.15, 0.2) is 37.4 Å². The molecule has 0 radical (unpaired) electrons. The number of H-pyrrole nitrogens is 4. The second-order valence-electron chi connectivity index (χ2n) is 5.76. The summed E-state index contributed by atoms with van der Waals surface area (Å²) in [4.78, 5) is 56.5. The van der Waals surface area contributed by atoms with Gasteiger partial charge in [-0.1, -0.05) is 0 Å². The number of fused-ring (bicyclic) bond motifs is 2. The number of benzene rings is 1. The average molecular weight is 372 g/mol. The maximum Gasteiger partial charge on any atom is 0.328 e. The van der Waals surface area contributed by atoms with Gasteiger partial charge in [-0.3, -0.25) is 29.5 Å². The Hall–Kier alpha value is -4.02. The van der Waals surface area contributed by atoms with Crippen LogP contribution in [0.4, 0.5) is 0 Å². The van der Waals surface area contributed by atoms with Gasteiger partial charge in [-0.05, 0) is 18.2 Å². The van der Waals surface area contributed by atoms with Crippen LogP contribution in [0.5, 0.6) is 23.3 Å². The van der Waals surface area contributed by atoms with Crippen LogP contribution in [0.2, 0.25) is 0 Å². The lowest BCUT2D eigenvalue weighted by molar-refractivity contribution is 0.401. The minimum atomic E-state index is -1.14. The van der Waals surface area contributed by atoms with E-state index in [1.54, 1.807) is 6.07 Å². The average Bonchev–Trinajstić information content (AvgIpc) is 2.59. The SMILES string of the molecule is COc1ccc2c(c1)C(c1c(O)[nH]c(=O)[nH]c1=O)c1c([nH]c(=O)[nH]c1=O)O2. The molecule has 0 saturated heterocycles. The largest absolute Gasteiger partial charge is 0.497 e. The monoisotopic (exact) mass is 372 g/mol.